The van der Waals surface area contributed by atoms with Gasteiger partial charge in [0.2, 0.25) is 0 Å². The molecule has 6 aromatic carbocycles. The molecular weight excluding hydrogens is 949 g/mol. The maximum absolute atomic E-state index is 2.74. The SMILES string of the molecule is CCCCCCC1(CCCCCC)c2cc(CC)ccc2-c2ccc(-c3ccc4c(c3)C(CCCCCC)(CCCCCC)c3cc(-c5ccc6c(c5)C(CCCCCC)(CCCCCC)c5cc(CC)ccc5-6)ccc3-4)cc21. The van der Waals surface area contributed by atoms with Gasteiger partial charge in [0.05, 0.1) is 0 Å². The van der Waals surface area contributed by atoms with E-state index in [9.17, 15) is 0 Å². The van der Waals surface area contributed by atoms with Gasteiger partial charge in [0, 0.05) is 16.2 Å². The van der Waals surface area contributed by atoms with Crippen LogP contribution >= 0.6 is 0 Å². The predicted octanol–water partition coefficient (Wildman–Crippen LogP) is 24.8. The molecule has 0 aliphatic heterocycles. The molecule has 0 unspecified atom stereocenters. The minimum atomic E-state index is -0.0180. The van der Waals surface area contributed by atoms with E-state index < -0.39 is 0 Å². The molecule has 0 bridgehead atoms. The Kier molecular flexibility index (Phi) is 20.8. The van der Waals surface area contributed by atoms with Crippen LogP contribution < -0.4 is 0 Å². The minimum Gasteiger partial charge on any atom is -0.0654 e. The van der Waals surface area contributed by atoms with Crippen molar-refractivity contribution in [1.82, 2.24) is 0 Å². The first-order valence-corrected chi connectivity index (χ1v) is 33.7. The molecular formula is C79H106. The summed E-state index contributed by atoms with van der Waals surface area (Å²) in [6, 6.07) is 46.4. The molecule has 0 atom stereocenters. The maximum atomic E-state index is 2.74. The first-order valence-electron chi connectivity index (χ1n) is 33.7. The second-order valence-electron chi connectivity index (χ2n) is 25.6. The first-order chi connectivity index (χ1) is 38.8. The largest absolute Gasteiger partial charge is 0.0654 e. The van der Waals surface area contributed by atoms with Crippen molar-refractivity contribution in [2.24, 2.45) is 0 Å². The van der Waals surface area contributed by atoms with Crippen molar-refractivity contribution in [3.63, 3.8) is 0 Å². The van der Waals surface area contributed by atoms with Crippen LogP contribution in [-0.4, -0.2) is 0 Å². The molecule has 0 heteroatoms. The zero-order valence-electron chi connectivity index (χ0n) is 51.5. The molecule has 0 heterocycles. The molecule has 0 radical (unpaired) electrons. The summed E-state index contributed by atoms with van der Waals surface area (Å²) in [4.78, 5) is 0. The summed E-state index contributed by atoms with van der Waals surface area (Å²) in [5.74, 6) is 0. The van der Waals surface area contributed by atoms with Crippen molar-refractivity contribution >= 4 is 0 Å². The number of rotatable bonds is 34. The van der Waals surface area contributed by atoms with Crippen molar-refractivity contribution in [2.45, 2.75) is 277 Å². The van der Waals surface area contributed by atoms with E-state index in [1.54, 1.807) is 33.4 Å². The summed E-state index contributed by atoms with van der Waals surface area (Å²) in [6.45, 7) is 18.9. The molecule has 0 saturated heterocycles. The normalized spacial score (nSPS) is 14.7. The number of hydrogen-bond acceptors (Lipinski definition) is 0. The van der Waals surface area contributed by atoms with Gasteiger partial charge in [-0.3, -0.25) is 0 Å². The van der Waals surface area contributed by atoms with Crippen molar-refractivity contribution < 1.29 is 0 Å². The lowest BCUT2D eigenvalue weighted by atomic mass is 9.69. The highest BCUT2D eigenvalue weighted by Crippen LogP contribution is 2.60. The molecule has 0 spiro atoms. The van der Waals surface area contributed by atoms with E-state index in [0.29, 0.717) is 0 Å². The third kappa shape index (κ3) is 12.1. The Labute approximate surface area is 483 Å². The molecule has 6 aromatic rings. The van der Waals surface area contributed by atoms with Gasteiger partial charge >= 0.3 is 0 Å². The summed E-state index contributed by atoms with van der Waals surface area (Å²) in [5, 5.41) is 0. The van der Waals surface area contributed by atoms with Crippen LogP contribution in [0.5, 0.6) is 0 Å². The highest BCUT2D eigenvalue weighted by molar-refractivity contribution is 5.90. The van der Waals surface area contributed by atoms with Gasteiger partial charge in [0.25, 0.3) is 0 Å². The smallest absolute Gasteiger partial charge is 0.0215 e. The van der Waals surface area contributed by atoms with Crippen molar-refractivity contribution in [1.29, 1.82) is 0 Å². The van der Waals surface area contributed by atoms with Crippen LogP contribution in [0.2, 0.25) is 0 Å². The van der Waals surface area contributed by atoms with Crippen LogP contribution in [0, 0.1) is 0 Å². The van der Waals surface area contributed by atoms with Crippen LogP contribution in [0.15, 0.2) is 109 Å². The van der Waals surface area contributed by atoms with Gasteiger partial charge in [-0.25, -0.2) is 0 Å². The lowest BCUT2D eigenvalue weighted by molar-refractivity contribution is 0.400. The molecule has 3 aliphatic carbocycles. The van der Waals surface area contributed by atoms with Crippen molar-refractivity contribution in [2.75, 3.05) is 0 Å². The van der Waals surface area contributed by atoms with Gasteiger partial charge < -0.3 is 0 Å². The Hall–Kier alpha value is -4.68. The van der Waals surface area contributed by atoms with Crippen LogP contribution in [0.3, 0.4) is 0 Å². The Morgan fingerprint density at radius 1 is 0.215 bits per heavy atom. The Bertz CT molecular complexity index is 2690. The monoisotopic (exact) mass is 1050 g/mol. The molecule has 422 valence electrons. The van der Waals surface area contributed by atoms with Gasteiger partial charge in [-0.15, -0.1) is 0 Å². The Balaban J connectivity index is 1.17. The maximum Gasteiger partial charge on any atom is 0.0215 e. The highest BCUT2D eigenvalue weighted by Gasteiger charge is 2.46. The lowest BCUT2D eigenvalue weighted by Gasteiger charge is -2.34. The van der Waals surface area contributed by atoms with Crippen LogP contribution in [-0.2, 0) is 29.1 Å². The van der Waals surface area contributed by atoms with Gasteiger partial charge in [-0.1, -0.05) is 294 Å². The van der Waals surface area contributed by atoms with E-state index in [-0.39, 0.29) is 16.2 Å². The molecule has 79 heavy (non-hydrogen) atoms. The fourth-order valence-corrected chi connectivity index (χ4v) is 15.9. The third-order valence-electron chi connectivity index (χ3n) is 20.4. The first kappa shape index (κ1) is 59.0. The average molecular weight is 1060 g/mol. The predicted molar refractivity (Wildman–Crippen MR) is 347 cm³/mol. The zero-order valence-corrected chi connectivity index (χ0v) is 51.5. The zero-order chi connectivity index (χ0) is 55.2. The molecule has 0 fully saturated rings. The van der Waals surface area contributed by atoms with E-state index in [1.165, 1.54) is 259 Å². The highest BCUT2D eigenvalue weighted by atomic mass is 14.5. The van der Waals surface area contributed by atoms with E-state index in [4.69, 9.17) is 0 Å². The summed E-state index contributed by atoms with van der Waals surface area (Å²) >= 11 is 0. The third-order valence-corrected chi connectivity index (χ3v) is 20.4. The Morgan fingerprint density at radius 3 is 0.620 bits per heavy atom. The summed E-state index contributed by atoms with van der Waals surface area (Å²) in [6.07, 6.45) is 41.0. The molecule has 0 nitrogen and oxygen atoms in total. The van der Waals surface area contributed by atoms with E-state index in [0.717, 1.165) is 12.8 Å². The number of unbranched alkanes of at least 4 members (excludes halogenated alkanes) is 18. The number of hydrogen-bond donors (Lipinski definition) is 0. The second kappa shape index (κ2) is 27.9. The molecule has 9 rings (SSSR count). The summed E-state index contributed by atoms with van der Waals surface area (Å²) in [5.41, 5.74) is 27.5. The molecule has 3 aliphatic rings. The van der Waals surface area contributed by atoms with Gasteiger partial charge in [0.15, 0.2) is 0 Å². The number of benzene rings is 6. The quantitative estimate of drug-likeness (QED) is 0.0353. The average Bonchev–Trinajstić information content (AvgIpc) is 3.78. The van der Waals surface area contributed by atoms with Crippen molar-refractivity contribution in [3.05, 3.63) is 154 Å². The van der Waals surface area contributed by atoms with E-state index in [2.05, 4.69) is 165 Å². The molecule has 0 N–H and O–H groups in total. The molecule has 0 saturated carbocycles. The standard InChI is InChI=1S/C79H106/c1-9-17-23-29-47-77(48-30-24-18-10-2)71-53-59(15-7)35-41-65(71)67-43-37-61(55-73(67)77)63-39-45-69-70-46-40-64(58-76(70)79(75(69)57-63,51-33-27-21-13-5)52-34-28-22-14-6)62-38-44-68-66-42-36-60(16-8)54-72(66)78(74(68)56-62,49-31-25-19-11-3)50-32-26-20-12-4/h35-46,53-58H,9-34,47-52H2,1-8H3. The number of aryl methyl sites for hydroxylation is 2. The fraction of sp³-hybridized carbons (Fsp3) is 0.544. The minimum absolute atomic E-state index is 0.0180. The molecule has 0 aromatic heterocycles. The number of fused-ring (bicyclic) bond motifs is 9. The summed E-state index contributed by atoms with van der Waals surface area (Å²) in [7, 11) is 0. The summed E-state index contributed by atoms with van der Waals surface area (Å²) < 4.78 is 0. The van der Waals surface area contributed by atoms with Gasteiger partial charge in [-0.05, 0) is 176 Å². The lowest BCUT2D eigenvalue weighted by Crippen LogP contribution is -2.26. The van der Waals surface area contributed by atoms with Gasteiger partial charge in [0.1, 0.15) is 0 Å². The van der Waals surface area contributed by atoms with Crippen LogP contribution in [0.4, 0.5) is 0 Å². The fourth-order valence-electron chi connectivity index (χ4n) is 15.9. The molecule has 0 amide bonds. The van der Waals surface area contributed by atoms with Crippen LogP contribution in [0.25, 0.3) is 55.6 Å². The van der Waals surface area contributed by atoms with E-state index in [1.807, 2.05) is 0 Å². The Morgan fingerprint density at radius 2 is 0.418 bits per heavy atom. The van der Waals surface area contributed by atoms with E-state index >= 15 is 0 Å². The van der Waals surface area contributed by atoms with Gasteiger partial charge in [-0.2, -0.15) is 0 Å². The second-order valence-corrected chi connectivity index (χ2v) is 25.6. The van der Waals surface area contributed by atoms with Crippen LogP contribution in [0.1, 0.15) is 293 Å². The topological polar surface area (TPSA) is 0 Å². The van der Waals surface area contributed by atoms with Crippen molar-refractivity contribution in [3.8, 4) is 55.6 Å².